The number of rotatable bonds is 4. The van der Waals surface area contributed by atoms with Gasteiger partial charge in [-0.2, -0.15) is 0 Å². The first-order valence-electron chi connectivity index (χ1n) is 7.74. The summed E-state index contributed by atoms with van der Waals surface area (Å²) >= 11 is 0. The second-order valence-electron chi connectivity index (χ2n) is 6.52. The summed E-state index contributed by atoms with van der Waals surface area (Å²) in [5.74, 6) is 1.67. The number of carbonyl (C=O) groups is 1. The monoisotopic (exact) mass is 266 g/mol. The molecular weight excluding hydrogens is 240 g/mol. The number of methoxy groups -OCH3 is 1. The van der Waals surface area contributed by atoms with Crippen LogP contribution in [-0.2, 0) is 9.53 Å². The highest BCUT2D eigenvalue weighted by Gasteiger charge is 2.47. The van der Waals surface area contributed by atoms with E-state index in [2.05, 4.69) is 17.1 Å². The SMILES string of the molecule is CCC1C2CNCC2CN1C(=O)CC1(OC)CCC1. The van der Waals surface area contributed by atoms with Gasteiger partial charge in [-0.05, 0) is 37.5 Å². The standard InChI is InChI=1S/C15H26N2O2/c1-3-13-12-9-16-8-11(12)10-17(13)14(18)7-15(19-2)5-4-6-15/h11-13,16H,3-10H2,1-2H3. The molecule has 108 valence electrons. The number of nitrogens with zero attached hydrogens (tertiary/aromatic N) is 1. The van der Waals surface area contributed by atoms with Crippen LogP contribution >= 0.6 is 0 Å². The lowest BCUT2D eigenvalue weighted by Crippen LogP contribution is -2.47. The largest absolute Gasteiger partial charge is 0.378 e. The third kappa shape index (κ3) is 2.19. The van der Waals surface area contributed by atoms with E-state index in [4.69, 9.17) is 4.74 Å². The highest BCUT2D eigenvalue weighted by Crippen LogP contribution is 2.40. The molecule has 4 nitrogen and oxygen atoms in total. The zero-order valence-corrected chi connectivity index (χ0v) is 12.2. The summed E-state index contributed by atoms with van der Waals surface area (Å²) in [6.45, 7) is 5.33. The molecule has 2 saturated heterocycles. The molecule has 1 aliphatic carbocycles. The van der Waals surface area contributed by atoms with Gasteiger partial charge in [-0.25, -0.2) is 0 Å². The van der Waals surface area contributed by atoms with E-state index in [0.717, 1.165) is 38.9 Å². The Morgan fingerprint density at radius 3 is 2.79 bits per heavy atom. The van der Waals surface area contributed by atoms with Gasteiger partial charge in [0.1, 0.15) is 0 Å². The molecule has 0 bridgehead atoms. The lowest BCUT2D eigenvalue weighted by Gasteiger charge is -2.41. The van der Waals surface area contributed by atoms with Crippen molar-refractivity contribution in [2.75, 3.05) is 26.7 Å². The highest BCUT2D eigenvalue weighted by atomic mass is 16.5. The number of carbonyl (C=O) groups excluding carboxylic acids is 1. The van der Waals surface area contributed by atoms with Crippen molar-refractivity contribution in [3.05, 3.63) is 0 Å². The molecule has 3 rings (SSSR count). The topological polar surface area (TPSA) is 41.6 Å². The Labute approximate surface area is 115 Å². The fourth-order valence-corrected chi connectivity index (χ4v) is 4.23. The van der Waals surface area contributed by atoms with Gasteiger partial charge in [-0.1, -0.05) is 6.92 Å². The molecule has 4 heteroatoms. The van der Waals surface area contributed by atoms with Gasteiger partial charge in [0.05, 0.1) is 12.0 Å². The molecule has 0 radical (unpaired) electrons. The van der Waals surface area contributed by atoms with Gasteiger partial charge in [-0.3, -0.25) is 4.79 Å². The van der Waals surface area contributed by atoms with Gasteiger partial charge >= 0.3 is 0 Å². The molecule has 0 aromatic carbocycles. The Morgan fingerprint density at radius 1 is 1.42 bits per heavy atom. The molecule has 3 atom stereocenters. The predicted octanol–water partition coefficient (Wildman–Crippen LogP) is 1.40. The molecule has 1 amide bonds. The number of likely N-dealkylation sites (tertiary alicyclic amines) is 1. The number of amides is 1. The molecule has 2 heterocycles. The van der Waals surface area contributed by atoms with E-state index in [1.54, 1.807) is 7.11 Å². The van der Waals surface area contributed by atoms with E-state index >= 15 is 0 Å². The average molecular weight is 266 g/mol. The lowest BCUT2D eigenvalue weighted by atomic mass is 9.77. The fraction of sp³-hybridized carbons (Fsp3) is 0.933. The smallest absolute Gasteiger partial charge is 0.225 e. The molecule has 3 unspecified atom stereocenters. The number of hydrogen-bond acceptors (Lipinski definition) is 3. The van der Waals surface area contributed by atoms with Crippen LogP contribution in [0.25, 0.3) is 0 Å². The van der Waals surface area contributed by atoms with E-state index < -0.39 is 0 Å². The van der Waals surface area contributed by atoms with Crippen molar-refractivity contribution >= 4 is 5.91 Å². The Morgan fingerprint density at radius 2 is 2.21 bits per heavy atom. The molecule has 1 N–H and O–H groups in total. The van der Waals surface area contributed by atoms with Gasteiger partial charge in [-0.15, -0.1) is 0 Å². The first-order chi connectivity index (χ1) is 9.19. The summed E-state index contributed by atoms with van der Waals surface area (Å²) < 4.78 is 5.61. The molecule has 0 aromatic heterocycles. The van der Waals surface area contributed by atoms with Crippen LogP contribution in [0.3, 0.4) is 0 Å². The van der Waals surface area contributed by atoms with Crippen molar-refractivity contribution in [2.45, 2.75) is 50.7 Å². The third-order valence-electron chi connectivity index (χ3n) is 5.63. The quantitative estimate of drug-likeness (QED) is 0.836. The van der Waals surface area contributed by atoms with E-state index in [9.17, 15) is 4.79 Å². The summed E-state index contributed by atoms with van der Waals surface area (Å²) in [5, 5.41) is 3.47. The summed E-state index contributed by atoms with van der Waals surface area (Å²) in [4.78, 5) is 14.8. The second kappa shape index (κ2) is 5.06. The van der Waals surface area contributed by atoms with Crippen LogP contribution in [0.5, 0.6) is 0 Å². The average Bonchev–Trinajstić information content (AvgIpc) is 2.93. The van der Waals surface area contributed by atoms with Crippen LogP contribution in [0.4, 0.5) is 0 Å². The van der Waals surface area contributed by atoms with Gasteiger partial charge in [0.2, 0.25) is 5.91 Å². The lowest BCUT2D eigenvalue weighted by molar-refractivity contribution is -0.145. The van der Waals surface area contributed by atoms with E-state index in [0.29, 0.717) is 30.2 Å². The molecule has 19 heavy (non-hydrogen) atoms. The van der Waals surface area contributed by atoms with Gasteiger partial charge in [0.15, 0.2) is 0 Å². The van der Waals surface area contributed by atoms with Crippen LogP contribution in [-0.4, -0.2) is 49.2 Å². The van der Waals surface area contributed by atoms with Crippen LogP contribution < -0.4 is 5.32 Å². The van der Waals surface area contributed by atoms with Gasteiger partial charge in [0.25, 0.3) is 0 Å². The van der Waals surface area contributed by atoms with Crippen molar-refractivity contribution in [1.82, 2.24) is 10.2 Å². The summed E-state index contributed by atoms with van der Waals surface area (Å²) in [6, 6.07) is 0.446. The molecule has 0 aromatic rings. The van der Waals surface area contributed by atoms with Crippen molar-refractivity contribution < 1.29 is 9.53 Å². The maximum atomic E-state index is 12.6. The Kier molecular flexibility index (Phi) is 3.56. The normalized spacial score (nSPS) is 36.1. The van der Waals surface area contributed by atoms with Crippen LogP contribution in [0.1, 0.15) is 39.0 Å². The van der Waals surface area contributed by atoms with E-state index in [1.165, 1.54) is 6.42 Å². The molecule has 2 aliphatic heterocycles. The number of nitrogens with one attached hydrogen (secondary N) is 1. The Balaban J connectivity index is 1.66. The number of fused-ring (bicyclic) bond motifs is 1. The number of ether oxygens (including phenoxy) is 1. The minimum Gasteiger partial charge on any atom is -0.378 e. The minimum atomic E-state index is -0.134. The molecule has 3 aliphatic rings. The molecule has 1 saturated carbocycles. The van der Waals surface area contributed by atoms with Crippen molar-refractivity contribution in [2.24, 2.45) is 11.8 Å². The van der Waals surface area contributed by atoms with Crippen molar-refractivity contribution in [3.8, 4) is 0 Å². The van der Waals surface area contributed by atoms with Crippen LogP contribution in [0.15, 0.2) is 0 Å². The first kappa shape index (κ1) is 13.4. The van der Waals surface area contributed by atoms with Crippen LogP contribution in [0, 0.1) is 11.8 Å². The zero-order valence-electron chi connectivity index (χ0n) is 12.2. The van der Waals surface area contributed by atoms with Gasteiger partial charge < -0.3 is 15.0 Å². The Hall–Kier alpha value is -0.610. The van der Waals surface area contributed by atoms with E-state index in [-0.39, 0.29) is 5.60 Å². The summed E-state index contributed by atoms with van der Waals surface area (Å²) in [6.07, 6.45) is 4.97. The molecule has 0 spiro atoms. The van der Waals surface area contributed by atoms with E-state index in [1.807, 2.05) is 0 Å². The fourth-order valence-electron chi connectivity index (χ4n) is 4.23. The van der Waals surface area contributed by atoms with Crippen molar-refractivity contribution in [1.29, 1.82) is 0 Å². The van der Waals surface area contributed by atoms with Crippen molar-refractivity contribution in [3.63, 3.8) is 0 Å². The summed E-state index contributed by atoms with van der Waals surface area (Å²) in [5.41, 5.74) is -0.134. The predicted molar refractivity (Wildman–Crippen MR) is 73.8 cm³/mol. The van der Waals surface area contributed by atoms with Gasteiger partial charge in [0, 0.05) is 32.8 Å². The number of hydrogen-bond donors (Lipinski definition) is 1. The summed E-state index contributed by atoms with van der Waals surface area (Å²) in [7, 11) is 1.76. The molecular formula is C15H26N2O2. The third-order valence-corrected chi connectivity index (χ3v) is 5.63. The van der Waals surface area contributed by atoms with Crippen LogP contribution in [0.2, 0.25) is 0 Å². The maximum Gasteiger partial charge on any atom is 0.225 e. The minimum absolute atomic E-state index is 0.134. The Bertz CT molecular complexity index is 349. The molecule has 3 fully saturated rings. The second-order valence-corrected chi connectivity index (χ2v) is 6.52. The highest BCUT2D eigenvalue weighted by molar-refractivity contribution is 5.78. The maximum absolute atomic E-state index is 12.6. The zero-order chi connectivity index (χ0) is 13.5. The first-order valence-corrected chi connectivity index (χ1v) is 7.74.